The summed E-state index contributed by atoms with van der Waals surface area (Å²) >= 11 is 0. The molecule has 3 aliphatic heterocycles. The van der Waals surface area contributed by atoms with E-state index in [4.69, 9.17) is 15.2 Å². The molecule has 11 nitrogen and oxygen atoms in total. The van der Waals surface area contributed by atoms with Crippen LogP contribution >= 0.6 is 0 Å². The maximum atomic E-state index is 13.1. The molecule has 0 radical (unpaired) electrons. The van der Waals surface area contributed by atoms with Gasteiger partial charge in [0.2, 0.25) is 11.8 Å². The maximum absolute atomic E-state index is 13.1. The summed E-state index contributed by atoms with van der Waals surface area (Å²) in [4.78, 5) is 64.9. The molecule has 0 bridgehead atoms. The van der Waals surface area contributed by atoms with Crippen LogP contribution in [0.25, 0.3) is 0 Å². The van der Waals surface area contributed by atoms with E-state index in [-0.39, 0.29) is 48.3 Å². The van der Waals surface area contributed by atoms with Gasteiger partial charge in [-0.2, -0.15) is 0 Å². The van der Waals surface area contributed by atoms with Gasteiger partial charge in [0, 0.05) is 26.1 Å². The van der Waals surface area contributed by atoms with E-state index in [0.717, 1.165) is 24.2 Å². The molecule has 182 valence electrons. The van der Waals surface area contributed by atoms with E-state index >= 15 is 0 Å². The quantitative estimate of drug-likeness (QED) is 0.391. The van der Waals surface area contributed by atoms with Gasteiger partial charge in [0.25, 0.3) is 17.7 Å². The van der Waals surface area contributed by atoms with Crippen LogP contribution in [0.4, 0.5) is 0 Å². The molecular weight excluding hydrogens is 444 g/mol. The Labute approximate surface area is 196 Å². The Balaban J connectivity index is 1.37. The number of carbonyl (C=O) groups is 5. The van der Waals surface area contributed by atoms with Gasteiger partial charge in [0.05, 0.1) is 17.2 Å². The van der Waals surface area contributed by atoms with Crippen LogP contribution in [0.3, 0.4) is 0 Å². The van der Waals surface area contributed by atoms with E-state index in [1.165, 1.54) is 12.1 Å². The minimum atomic E-state index is -1.06. The summed E-state index contributed by atoms with van der Waals surface area (Å²) in [6.45, 7) is 2.00. The molecule has 0 saturated carbocycles. The molecule has 5 amide bonds. The number of hydrogen-bond donors (Lipinski definition) is 2. The Morgan fingerprint density at radius 3 is 2.56 bits per heavy atom. The molecule has 3 N–H and O–H groups in total. The predicted molar refractivity (Wildman–Crippen MR) is 118 cm³/mol. The van der Waals surface area contributed by atoms with Gasteiger partial charge in [0.15, 0.2) is 6.61 Å². The second-order valence-corrected chi connectivity index (χ2v) is 8.51. The highest BCUT2D eigenvalue weighted by molar-refractivity contribution is 6.24. The van der Waals surface area contributed by atoms with Crippen LogP contribution in [-0.2, 0) is 19.1 Å². The summed E-state index contributed by atoms with van der Waals surface area (Å²) in [6.07, 6.45) is 2.47. The largest absolute Gasteiger partial charge is 0.483 e. The van der Waals surface area contributed by atoms with Gasteiger partial charge >= 0.3 is 0 Å². The molecule has 34 heavy (non-hydrogen) atoms. The lowest BCUT2D eigenvalue weighted by Gasteiger charge is -2.32. The third-order valence-corrected chi connectivity index (χ3v) is 6.28. The number of ether oxygens (including phenoxy) is 2. The highest BCUT2D eigenvalue weighted by Gasteiger charge is 2.46. The third kappa shape index (κ3) is 4.80. The van der Waals surface area contributed by atoms with Crippen LogP contribution in [0.2, 0.25) is 0 Å². The second-order valence-electron chi connectivity index (χ2n) is 8.51. The van der Waals surface area contributed by atoms with Gasteiger partial charge in [-0.1, -0.05) is 6.07 Å². The molecular formula is C23H28N4O7. The van der Waals surface area contributed by atoms with Crippen LogP contribution < -0.4 is 15.8 Å². The summed E-state index contributed by atoms with van der Waals surface area (Å²) in [5.74, 6) is -2.53. The molecule has 3 aliphatic rings. The number of nitrogens with zero attached hydrogens (tertiary/aromatic N) is 2. The average Bonchev–Trinajstić information content (AvgIpc) is 3.09. The van der Waals surface area contributed by atoms with E-state index in [1.807, 2.05) is 0 Å². The number of benzene rings is 1. The smallest absolute Gasteiger partial charge is 0.266 e. The lowest BCUT2D eigenvalue weighted by Crippen LogP contribution is -2.54. The lowest BCUT2D eigenvalue weighted by molar-refractivity contribution is -0.137. The topological polar surface area (TPSA) is 148 Å². The molecule has 0 aromatic heterocycles. The molecule has 1 unspecified atom stereocenters. The first-order valence-electron chi connectivity index (χ1n) is 11.5. The van der Waals surface area contributed by atoms with Crippen molar-refractivity contribution < 1.29 is 33.4 Å². The average molecular weight is 472 g/mol. The van der Waals surface area contributed by atoms with E-state index < -0.39 is 29.7 Å². The fraction of sp³-hybridized carbons (Fsp3) is 0.522. The Hall–Kier alpha value is -3.31. The first-order valence-corrected chi connectivity index (χ1v) is 11.5. The molecule has 3 heterocycles. The number of imide groups is 2. The van der Waals surface area contributed by atoms with Gasteiger partial charge in [-0.05, 0) is 44.4 Å². The van der Waals surface area contributed by atoms with E-state index in [0.29, 0.717) is 26.2 Å². The number of nitrogens with two attached hydrogens (primary N) is 1. The maximum Gasteiger partial charge on any atom is 0.266 e. The van der Waals surface area contributed by atoms with Crippen LogP contribution in [0.1, 0.15) is 52.8 Å². The van der Waals surface area contributed by atoms with Crippen molar-refractivity contribution >= 4 is 29.5 Å². The standard InChI is InChI=1S/C23H28N4O7/c24-9-2-12-33-14-7-10-26(11-8-14)19(29)13-34-17-4-1-3-15-20(17)23(32)27(22(15)31)16-5-6-18(28)25-21(16)30/h1,3-4,14,16H,2,5-13,24H2,(H,25,28,30). The van der Waals surface area contributed by atoms with Gasteiger partial charge in [-0.3, -0.25) is 34.2 Å². The summed E-state index contributed by atoms with van der Waals surface area (Å²) in [7, 11) is 0. The Morgan fingerprint density at radius 2 is 1.85 bits per heavy atom. The number of likely N-dealkylation sites (tertiary alicyclic amines) is 1. The zero-order chi connectivity index (χ0) is 24.2. The Morgan fingerprint density at radius 1 is 1.09 bits per heavy atom. The predicted octanol–water partition coefficient (Wildman–Crippen LogP) is -0.177. The van der Waals surface area contributed by atoms with Crippen LogP contribution in [-0.4, -0.2) is 84.3 Å². The third-order valence-electron chi connectivity index (χ3n) is 6.28. The monoisotopic (exact) mass is 472 g/mol. The van der Waals surface area contributed by atoms with Crippen LogP contribution in [0.15, 0.2) is 18.2 Å². The zero-order valence-corrected chi connectivity index (χ0v) is 18.8. The van der Waals surface area contributed by atoms with Crippen LogP contribution in [0.5, 0.6) is 5.75 Å². The number of nitrogens with one attached hydrogen (secondary N) is 1. The van der Waals surface area contributed by atoms with Crippen LogP contribution in [0, 0.1) is 0 Å². The Kier molecular flexibility index (Phi) is 7.23. The molecule has 1 aromatic rings. The molecule has 1 aromatic carbocycles. The molecule has 2 saturated heterocycles. The molecule has 11 heteroatoms. The van der Waals surface area contributed by atoms with E-state index in [1.54, 1.807) is 11.0 Å². The lowest BCUT2D eigenvalue weighted by atomic mass is 10.0. The van der Waals surface area contributed by atoms with Crippen molar-refractivity contribution in [1.29, 1.82) is 0 Å². The van der Waals surface area contributed by atoms with Gasteiger partial charge in [-0.25, -0.2) is 0 Å². The normalized spacial score (nSPS) is 21.0. The van der Waals surface area contributed by atoms with Crippen molar-refractivity contribution in [2.75, 3.05) is 32.8 Å². The summed E-state index contributed by atoms with van der Waals surface area (Å²) in [5.41, 5.74) is 5.61. The van der Waals surface area contributed by atoms with Gasteiger partial charge in [-0.15, -0.1) is 0 Å². The zero-order valence-electron chi connectivity index (χ0n) is 18.8. The summed E-state index contributed by atoms with van der Waals surface area (Å²) in [5, 5.41) is 2.16. The fourth-order valence-corrected chi connectivity index (χ4v) is 4.44. The van der Waals surface area contributed by atoms with Crippen molar-refractivity contribution in [1.82, 2.24) is 15.1 Å². The molecule has 4 rings (SSSR count). The number of amides is 5. The number of piperidine rings is 2. The highest BCUT2D eigenvalue weighted by atomic mass is 16.5. The number of fused-ring (bicyclic) bond motifs is 1. The second kappa shape index (κ2) is 10.3. The van der Waals surface area contributed by atoms with Crippen molar-refractivity contribution in [3.63, 3.8) is 0 Å². The molecule has 2 fully saturated rings. The SMILES string of the molecule is NCCCOC1CCN(C(=O)COc2cccc3c2C(=O)N(C2CCC(=O)NC2=O)C3=O)CC1. The number of carbonyl (C=O) groups excluding carboxylic acids is 5. The van der Waals surface area contributed by atoms with Crippen molar-refractivity contribution in [3.8, 4) is 5.75 Å². The molecule has 0 aliphatic carbocycles. The first-order chi connectivity index (χ1) is 16.4. The van der Waals surface area contributed by atoms with Gasteiger partial charge in [0.1, 0.15) is 11.8 Å². The minimum Gasteiger partial charge on any atom is -0.483 e. The number of rotatable bonds is 8. The fourth-order valence-electron chi connectivity index (χ4n) is 4.44. The first kappa shape index (κ1) is 23.8. The van der Waals surface area contributed by atoms with E-state index in [2.05, 4.69) is 5.32 Å². The molecule has 1 atom stereocenters. The van der Waals surface area contributed by atoms with Gasteiger partial charge < -0.3 is 20.1 Å². The summed E-state index contributed by atoms with van der Waals surface area (Å²) in [6, 6.07) is 3.49. The van der Waals surface area contributed by atoms with Crippen molar-refractivity contribution in [3.05, 3.63) is 29.3 Å². The summed E-state index contributed by atoms with van der Waals surface area (Å²) < 4.78 is 11.4. The minimum absolute atomic E-state index is 0.0250. The highest BCUT2D eigenvalue weighted by Crippen LogP contribution is 2.33. The molecule has 0 spiro atoms. The number of hydrogen-bond acceptors (Lipinski definition) is 8. The van der Waals surface area contributed by atoms with Crippen molar-refractivity contribution in [2.24, 2.45) is 5.73 Å². The van der Waals surface area contributed by atoms with E-state index in [9.17, 15) is 24.0 Å². The Bertz CT molecular complexity index is 1000. The van der Waals surface area contributed by atoms with Crippen molar-refractivity contribution in [2.45, 2.75) is 44.2 Å².